The molecule has 0 bridgehead atoms. The third kappa shape index (κ3) is 7.38. The summed E-state index contributed by atoms with van der Waals surface area (Å²) < 4.78 is 33.1. The maximum atomic E-state index is 12.3. The summed E-state index contributed by atoms with van der Waals surface area (Å²) in [6.07, 6.45) is 4.30. The standard InChI is InChI=1S/C10H16ClN2O7P3/c1-17-21-19-23(16,20-22-18-2)6-4-3-5-13-7-8(11)9(14)12-10(13)15/h3-4,7,21-22H,5-6H2,1-2H3,(H,12,14,15)/b4-3-. The lowest BCUT2D eigenvalue weighted by atomic mass is 10.5. The predicted molar refractivity (Wildman–Crippen MR) is 90.8 cm³/mol. The minimum atomic E-state index is -3.39. The summed E-state index contributed by atoms with van der Waals surface area (Å²) in [7, 11) is -1.43. The Morgan fingerprint density at radius 1 is 1.26 bits per heavy atom. The highest BCUT2D eigenvalue weighted by molar-refractivity contribution is 7.63. The molecule has 0 aliphatic rings. The van der Waals surface area contributed by atoms with Crippen LogP contribution in [0.5, 0.6) is 0 Å². The van der Waals surface area contributed by atoms with Gasteiger partial charge in [0.1, 0.15) is 5.02 Å². The Balaban J connectivity index is 2.68. The molecule has 0 saturated carbocycles. The van der Waals surface area contributed by atoms with Crippen LogP contribution in [0.2, 0.25) is 5.02 Å². The van der Waals surface area contributed by atoms with Crippen LogP contribution in [0.1, 0.15) is 0 Å². The molecule has 1 aromatic heterocycles. The Hall–Kier alpha value is -0.360. The Kier molecular flexibility index (Phi) is 9.44. The summed E-state index contributed by atoms with van der Waals surface area (Å²) >= 11 is 5.65. The highest BCUT2D eigenvalue weighted by atomic mass is 35.5. The van der Waals surface area contributed by atoms with Crippen molar-refractivity contribution in [3.05, 3.63) is 44.2 Å². The maximum absolute atomic E-state index is 12.3. The number of rotatable bonds is 10. The zero-order valence-corrected chi connectivity index (χ0v) is 15.9. The molecule has 1 rings (SSSR count). The molecule has 0 aromatic carbocycles. The van der Waals surface area contributed by atoms with Crippen molar-refractivity contribution in [3.8, 4) is 0 Å². The summed E-state index contributed by atoms with van der Waals surface area (Å²) in [6, 6.07) is 0. The van der Waals surface area contributed by atoms with Gasteiger partial charge in [-0.1, -0.05) is 23.8 Å². The van der Waals surface area contributed by atoms with Gasteiger partial charge in [-0.25, -0.2) is 4.79 Å². The minimum Gasteiger partial charge on any atom is -0.339 e. The Bertz CT molecular complexity index is 678. The van der Waals surface area contributed by atoms with Crippen LogP contribution >= 0.6 is 37.3 Å². The second kappa shape index (κ2) is 10.5. The summed E-state index contributed by atoms with van der Waals surface area (Å²) in [5.74, 6) is 0. The molecule has 0 spiro atoms. The van der Waals surface area contributed by atoms with Gasteiger partial charge in [-0.15, -0.1) is 0 Å². The molecule has 0 saturated heterocycles. The van der Waals surface area contributed by atoms with Crippen molar-refractivity contribution in [3.63, 3.8) is 0 Å². The van der Waals surface area contributed by atoms with Gasteiger partial charge in [0.05, 0.1) is 6.16 Å². The molecule has 2 atom stereocenters. The number of hydrogen-bond donors (Lipinski definition) is 1. The zero-order chi connectivity index (χ0) is 17.3. The van der Waals surface area contributed by atoms with Gasteiger partial charge >= 0.3 is 13.3 Å². The van der Waals surface area contributed by atoms with E-state index in [4.69, 9.17) is 29.3 Å². The van der Waals surface area contributed by atoms with E-state index in [9.17, 15) is 14.2 Å². The average Bonchev–Trinajstić information content (AvgIpc) is 2.52. The van der Waals surface area contributed by atoms with Crippen molar-refractivity contribution in [2.75, 3.05) is 20.4 Å². The molecule has 0 amide bonds. The van der Waals surface area contributed by atoms with Gasteiger partial charge in [0.2, 0.25) is 0 Å². The molecule has 130 valence electrons. The Labute approximate surface area is 140 Å². The number of aromatic amines is 1. The number of hydrogen-bond acceptors (Lipinski definition) is 7. The third-order valence-electron chi connectivity index (χ3n) is 2.28. The second-order valence-corrected chi connectivity index (χ2v) is 8.52. The van der Waals surface area contributed by atoms with Crippen LogP contribution in [0, 0.1) is 0 Å². The molecule has 1 N–H and O–H groups in total. The van der Waals surface area contributed by atoms with Gasteiger partial charge in [-0.05, 0) is 0 Å². The first-order chi connectivity index (χ1) is 10.9. The topological polar surface area (TPSA) is 109 Å². The lowest BCUT2D eigenvalue weighted by Crippen LogP contribution is -2.29. The summed E-state index contributed by atoms with van der Waals surface area (Å²) in [5, 5.41) is -0.0991. The van der Waals surface area contributed by atoms with Gasteiger partial charge in [-0.3, -0.25) is 27.5 Å². The monoisotopic (exact) mass is 404 g/mol. The van der Waals surface area contributed by atoms with E-state index in [0.29, 0.717) is 0 Å². The highest BCUT2D eigenvalue weighted by Crippen LogP contribution is 2.57. The molecule has 23 heavy (non-hydrogen) atoms. The lowest BCUT2D eigenvalue weighted by Gasteiger charge is -2.14. The average molecular weight is 405 g/mol. The van der Waals surface area contributed by atoms with Crippen LogP contribution in [-0.2, 0) is 28.8 Å². The number of nitrogens with one attached hydrogen (secondary N) is 1. The van der Waals surface area contributed by atoms with Gasteiger partial charge in [0.25, 0.3) is 5.56 Å². The fourth-order valence-electron chi connectivity index (χ4n) is 1.29. The van der Waals surface area contributed by atoms with E-state index in [-0.39, 0.29) is 17.7 Å². The quantitative estimate of drug-likeness (QED) is 0.470. The first-order valence-corrected chi connectivity index (χ1v) is 9.82. The van der Waals surface area contributed by atoms with Crippen LogP contribution in [0.3, 0.4) is 0 Å². The van der Waals surface area contributed by atoms with Gasteiger partial charge in [-0.2, -0.15) is 0 Å². The van der Waals surface area contributed by atoms with Crippen molar-refractivity contribution in [1.82, 2.24) is 9.55 Å². The number of halogens is 1. The summed E-state index contributed by atoms with van der Waals surface area (Å²) in [4.78, 5) is 24.8. The number of H-pyrrole nitrogens is 1. The Morgan fingerprint density at radius 3 is 2.43 bits per heavy atom. The number of nitrogens with zero attached hydrogens (tertiary/aromatic N) is 1. The smallest absolute Gasteiger partial charge is 0.339 e. The van der Waals surface area contributed by atoms with E-state index in [0.717, 1.165) is 0 Å². The molecule has 9 nitrogen and oxygen atoms in total. The fourth-order valence-corrected chi connectivity index (χ4v) is 4.45. The summed E-state index contributed by atoms with van der Waals surface area (Å²) in [6.45, 7) is 0.133. The molecule has 2 unspecified atom stereocenters. The van der Waals surface area contributed by atoms with E-state index in [1.54, 1.807) is 6.08 Å². The highest BCUT2D eigenvalue weighted by Gasteiger charge is 2.23. The van der Waals surface area contributed by atoms with E-state index in [2.05, 4.69) is 4.98 Å². The minimum absolute atomic E-state index is 0.0223. The van der Waals surface area contributed by atoms with Crippen molar-refractivity contribution >= 4 is 37.3 Å². The first-order valence-electron chi connectivity index (χ1n) is 6.08. The third-order valence-corrected chi connectivity index (χ3v) is 6.37. The molecule has 1 aromatic rings. The van der Waals surface area contributed by atoms with E-state index in [1.807, 2.05) is 0 Å². The Morgan fingerprint density at radius 2 is 1.87 bits per heavy atom. The van der Waals surface area contributed by atoms with Gasteiger partial charge in [0.15, 0.2) is 18.1 Å². The fraction of sp³-hybridized carbons (Fsp3) is 0.400. The van der Waals surface area contributed by atoms with Crippen molar-refractivity contribution in [2.45, 2.75) is 6.54 Å². The maximum Gasteiger partial charge on any atom is 0.344 e. The van der Waals surface area contributed by atoms with Crippen molar-refractivity contribution in [1.29, 1.82) is 0 Å². The molecule has 13 heteroatoms. The van der Waals surface area contributed by atoms with Crippen LogP contribution in [0.15, 0.2) is 27.9 Å². The zero-order valence-electron chi connectivity index (χ0n) is 12.3. The molecular formula is C10H16ClN2O7P3. The van der Waals surface area contributed by atoms with Gasteiger partial charge < -0.3 is 9.05 Å². The largest absolute Gasteiger partial charge is 0.344 e. The normalized spacial score (nSPS) is 15.3. The van der Waals surface area contributed by atoms with Crippen LogP contribution in [0.25, 0.3) is 0 Å². The van der Waals surface area contributed by atoms with Crippen LogP contribution in [-0.4, -0.2) is 29.9 Å². The van der Waals surface area contributed by atoms with Crippen LogP contribution < -0.4 is 11.2 Å². The van der Waals surface area contributed by atoms with Crippen molar-refractivity contribution in [2.24, 2.45) is 0 Å². The van der Waals surface area contributed by atoms with E-state index >= 15 is 0 Å². The predicted octanol–water partition coefficient (Wildman–Crippen LogP) is 2.28. The van der Waals surface area contributed by atoms with E-state index in [1.165, 1.54) is 31.1 Å². The van der Waals surface area contributed by atoms with E-state index < -0.39 is 36.9 Å². The lowest BCUT2D eigenvalue weighted by molar-refractivity contribution is 0.355. The molecule has 0 fully saturated rings. The summed E-state index contributed by atoms with van der Waals surface area (Å²) in [5.41, 5.74) is -1.24. The molecule has 0 radical (unpaired) electrons. The second-order valence-electron chi connectivity index (χ2n) is 3.91. The van der Waals surface area contributed by atoms with Crippen molar-refractivity contribution < 1.29 is 22.2 Å². The molecule has 1 heterocycles. The number of aromatic nitrogens is 2. The SMILES string of the molecule is COPOP(=O)(C/C=C\Cn1cc(Cl)c(=O)[nH]c1=O)OPOC. The van der Waals surface area contributed by atoms with Gasteiger partial charge in [0, 0.05) is 27.0 Å². The molecule has 0 aliphatic carbocycles. The van der Waals surface area contributed by atoms with Crippen LogP contribution in [0.4, 0.5) is 0 Å². The first kappa shape index (κ1) is 20.7. The molecular weight excluding hydrogens is 388 g/mol. The molecule has 0 aliphatic heterocycles. The number of allylic oxidation sites excluding steroid dienone is 2.